The molecule has 0 aromatic heterocycles. The van der Waals surface area contributed by atoms with E-state index in [1.54, 1.807) is 0 Å². The van der Waals surface area contributed by atoms with Crippen LogP contribution in [0.4, 0.5) is 52.7 Å². The third-order valence-electron chi connectivity index (χ3n) is 14.7. The van der Waals surface area contributed by atoms with Crippen molar-refractivity contribution >= 4 is 92.7 Å². The molecule has 654 valence electrons. The van der Waals surface area contributed by atoms with E-state index in [4.69, 9.17) is 62.5 Å². The van der Waals surface area contributed by atoms with Gasteiger partial charge in [-0.15, -0.1) is 0 Å². The molecule has 0 aliphatic rings. The van der Waals surface area contributed by atoms with E-state index in [1.807, 2.05) is 0 Å². The Morgan fingerprint density at radius 2 is 0.570 bits per heavy atom. The molecular weight excluding hydrogens is 1610 g/mol. The van der Waals surface area contributed by atoms with Crippen molar-refractivity contribution in [2.45, 2.75) is 165 Å². The lowest BCUT2D eigenvalue weighted by Crippen LogP contribution is -2.51. The summed E-state index contributed by atoms with van der Waals surface area (Å²) >= 11 is 0. The SMILES string of the molecule is C[C@@H](O)[C@H](N)C(=O)N(CCCCNC(=O)CCSSCCC(=O)NCCCCN(CCCN(CCCNC(=O)c1cccc(O)c1O)C(=O)[C@@H](N)[C@@H](C)O)C(=O)[C@@H](N)[C@@H](C)O)CCCN(CCCNC(=O)c1cccc(O)c1O)C(=O)[C@@H](N)[C@@H](C)O.O=C(O)C(F)(F)F.O=C(O)C(F)(F)F.O=C(O)C(F)(F)F.O=C(O)C(F)(F)F. The lowest BCUT2D eigenvalue weighted by atomic mass is 10.1. The number of carboxylic acid groups (broad SMARTS) is 4. The van der Waals surface area contributed by atoms with Crippen molar-refractivity contribution in [2.24, 2.45) is 22.9 Å². The maximum absolute atomic E-state index is 13.3. The molecule has 0 saturated heterocycles. The average molecular weight is 1710 g/mol. The van der Waals surface area contributed by atoms with Crippen LogP contribution in [0, 0.1) is 0 Å². The van der Waals surface area contributed by atoms with Crippen LogP contribution >= 0.6 is 21.6 Å². The number of phenolic OH excluding ortho intramolecular Hbond substituents is 4. The first kappa shape index (κ1) is 109. The van der Waals surface area contributed by atoms with Gasteiger partial charge >= 0.3 is 48.6 Å². The van der Waals surface area contributed by atoms with Crippen molar-refractivity contribution in [2.75, 3.05) is 90.0 Å². The van der Waals surface area contributed by atoms with Gasteiger partial charge in [0.25, 0.3) is 11.8 Å². The number of nitrogens with zero attached hydrogens (tertiary/aromatic N) is 4. The fraction of sp³-hybridized carbons (Fsp3) is 0.625. The molecule has 24 N–H and O–H groups in total. The van der Waals surface area contributed by atoms with E-state index in [2.05, 4.69) is 21.3 Å². The van der Waals surface area contributed by atoms with Crippen LogP contribution in [0.1, 0.15) is 113 Å². The monoisotopic (exact) mass is 1710 g/mol. The molecule has 0 spiro atoms. The number of carbonyl (C=O) groups is 12. The molecule has 0 radical (unpaired) electrons. The van der Waals surface area contributed by atoms with E-state index in [9.17, 15) is 132 Å². The molecule has 2 aromatic carbocycles. The van der Waals surface area contributed by atoms with Crippen molar-refractivity contribution < 1.29 is 171 Å². The smallest absolute Gasteiger partial charge is 0.490 e. The van der Waals surface area contributed by atoms with Gasteiger partial charge in [0.15, 0.2) is 23.0 Å². The largest absolute Gasteiger partial charge is 0.504 e. The molecule has 0 saturated carbocycles. The minimum Gasteiger partial charge on any atom is -0.504 e. The van der Waals surface area contributed by atoms with E-state index >= 15 is 0 Å². The van der Waals surface area contributed by atoms with Gasteiger partial charge < -0.3 is 125 Å². The summed E-state index contributed by atoms with van der Waals surface area (Å²) in [5.41, 5.74) is 23.8. The Balaban J connectivity index is -0.00000370. The highest BCUT2D eigenvalue weighted by molar-refractivity contribution is 8.76. The third-order valence-corrected chi connectivity index (χ3v) is 17.1. The highest BCUT2D eigenvalue weighted by Gasteiger charge is 2.41. The van der Waals surface area contributed by atoms with Crippen LogP contribution in [0.2, 0.25) is 0 Å². The summed E-state index contributed by atoms with van der Waals surface area (Å²) in [6, 6.07) is 3.09. The molecule has 0 fully saturated rings. The Morgan fingerprint density at radius 1 is 0.360 bits per heavy atom. The van der Waals surface area contributed by atoms with Gasteiger partial charge in [0.2, 0.25) is 35.4 Å². The fourth-order valence-electron chi connectivity index (χ4n) is 8.34. The Labute approximate surface area is 651 Å². The number of amides is 8. The highest BCUT2D eigenvalue weighted by atomic mass is 33.1. The summed E-state index contributed by atoms with van der Waals surface area (Å²) in [4.78, 5) is 145. The van der Waals surface area contributed by atoms with Crippen LogP contribution in [-0.2, 0) is 47.9 Å². The number of rotatable bonds is 43. The number of alkyl halides is 12. The number of hydrogen-bond acceptors (Lipinski definition) is 26. The number of aliphatic hydroxyl groups is 4. The predicted molar refractivity (Wildman–Crippen MR) is 381 cm³/mol. The number of aromatic hydroxyl groups is 4. The first-order chi connectivity index (χ1) is 52.5. The Morgan fingerprint density at radius 3 is 0.789 bits per heavy atom. The van der Waals surface area contributed by atoms with Crippen molar-refractivity contribution in [3.8, 4) is 23.0 Å². The van der Waals surface area contributed by atoms with Gasteiger partial charge in [-0.25, -0.2) is 19.2 Å². The number of hydrogen-bond donors (Lipinski definition) is 20. The Kier molecular flexibility index (Phi) is 52.9. The first-order valence-corrected chi connectivity index (χ1v) is 36.4. The van der Waals surface area contributed by atoms with Crippen LogP contribution in [0.3, 0.4) is 0 Å². The lowest BCUT2D eigenvalue weighted by molar-refractivity contribution is -0.193. The maximum atomic E-state index is 13.3. The molecule has 0 heterocycles. The topological polar surface area (TPSA) is 613 Å². The van der Waals surface area contributed by atoms with Gasteiger partial charge in [-0.3, -0.25) is 38.4 Å². The Bertz CT molecular complexity index is 3080. The normalized spacial score (nSPS) is 13.4. The first-order valence-electron chi connectivity index (χ1n) is 33.9. The minimum atomic E-state index is -5.08. The molecule has 0 unspecified atom stereocenters. The molecule has 8 atom stereocenters. The van der Waals surface area contributed by atoms with Gasteiger partial charge in [0, 0.05) is 103 Å². The van der Waals surface area contributed by atoms with Gasteiger partial charge in [0.1, 0.15) is 24.2 Å². The zero-order valence-corrected chi connectivity index (χ0v) is 63.4. The minimum absolute atomic E-state index is 0.0901. The maximum Gasteiger partial charge on any atom is 0.490 e. The number of unbranched alkanes of at least 4 members (excludes halogenated alkanes) is 2. The van der Waals surface area contributed by atoms with Gasteiger partial charge in [0.05, 0.1) is 35.5 Å². The number of para-hydroxylation sites is 2. The number of phenols is 4. The molecule has 2 rings (SSSR count). The molecule has 36 nitrogen and oxygen atoms in total. The average Bonchev–Trinajstić information content (AvgIpc) is 0.849. The van der Waals surface area contributed by atoms with Crippen LogP contribution in [0.15, 0.2) is 36.4 Å². The molecule has 50 heteroatoms. The second kappa shape index (κ2) is 55.3. The second-order valence-corrected chi connectivity index (χ2v) is 26.8. The molecule has 8 amide bonds. The quantitative estimate of drug-likeness (QED) is 0.0189. The Hall–Kier alpha value is -9.18. The number of nitrogens with two attached hydrogens (primary N) is 4. The molecule has 0 bridgehead atoms. The second-order valence-electron chi connectivity index (χ2n) is 24.1. The molecule has 0 aliphatic carbocycles. The third kappa shape index (κ3) is 47.5. The van der Waals surface area contributed by atoms with Crippen molar-refractivity contribution in [1.82, 2.24) is 40.9 Å². The van der Waals surface area contributed by atoms with Crippen LogP contribution in [0.5, 0.6) is 23.0 Å². The predicted octanol–water partition coefficient (Wildman–Crippen LogP) is 0.864. The van der Waals surface area contributed by atoms with E-state index in [0.717, 1.165) is 0 Å². The van der Waals surface area contributed by atoms with Crippen LogP contribution in [-0.4, -0.2) is 315 Å². The van der Waals surface area contributed by atoms with Crippen molar-refractivity contribution in [3.63, 3.8) is 0 Å². The summed E-state index contributed by atoms with van der Waals surface area (Å²) < 4.78 is 127. The number of benzene rings is 2. The summed E-state index contributed by atoms with van der Waals surface area (Å²) in [5.74, 6) is -15.8. The zero-order valence-electron chi connectivity index (χ0n) is 61.8. The number of aliphatic carboxylic acids is 4. The van der Waals surface area contributed by atoms with E-state index in [0.29, 0.717) is 50.3 Å². The van der Waals surface area contributed by atoms with E-state index < -0.39 is 156 Å². The van der Waals surface area contributed by atoms with Gasteiger partial charge in [-0.1, -0.05) is 33.7 Å². The fourth-order valence-corrected chi connectivity index (χ4v) is 10.3. The van der Waals surface area contributed by atoms with Crippen molar-refractivity contribution in [3.05, 3.63) is 47.5 Å². The van der Waals surface area contributed by atoms with Gasteiger partial charge in [-0.05, 0) is 103 Å². The van der Waals surface area contributed by atoms with Crippen LogP contribution < -0.4 is 44.2 Å². The molecule has 114 heavy (non-hydrogen) atoms. The summed E-state index contributed by atoms with van der Waals surface area (Å²) in [6.45, 7) is 7.70. The molecule has 0 aliphatic heterocycles. The highest BCUT2D eigenvalue weighted by Crippen LogP contribution is 2.29. The van der Waals surface area contributed by atoms with Crippen LogP contribution in [0.25, 0.3) is 0 Å². The van der Waals surface area contributed by atoms with Gasteiger partial charge in [-0.2, -0.15) is 52.7 Å². The zero-order chi connectivity index (χ0) is 88.8. The van der Waals surface area contributed by atoms with Crippen molar-refractivity contribution in [1.29, 1.82) is 0 Å². The summed E-state index contributed by atoms with van der Waals surface area (Å²) in [5, 5.41) is 119. The number of aliphatic hydroxyl groups excluding tert-OH is 4. The number of carboxylic acids is 4. The molecular formula is C64H98F12N12O24S2. The molecule has 2 aromatic rings. The van der Waals surface area contributed by atoms with E-state index in [-0.39, 0.29) is 127 Å². The number of nitrogens with one attached hydrogen (secondary N) is 4. The van der Waals surface area contributed by atoms with E-state index in [1.165, 1.54) is 105 Å². The lowest BCUT2D eigenvalue weighted by Gasteiger charge is -2.30. The standard InChI is InChI=1S/C56H94N12O16S2.4C2HF3O2/c1-35(69)45(57)53(81)65(29-13-31-67(55(83)47(59)37(3)71)27-11-23-63-51(79)39-15-9-17-41(73)49(39)77)25-7-5-21-61-43(75)19-33-85-86-34-20-44(76)62-22-6-8-26-66(54(82)46(58)36(2)70)30-14-32-68(56(84)48(60)38(4)72)28-12-24-64-52(80)40-16-10-18-42(74)50(40)78;4*3-2(4,5)1(6)7/h9-10,15-18,35-38,45-48,69-74,77-78H,5-8,11-14,19-34,57-60H2,1-4H3,(H,61,75)(H,62,76)(H,63,79)(H,64,80);4*(H,6,7)/t35-,36-,37-,38-,45+,46+,47+,48+;;;;/m1..../s1. The summed E-state index contributed by atoms with van der Waals surface area (Å²) in [7, 11) is 2.90. The number of halogens is 12. The summed E-state index contributed by atoms with van der Waals surface area (Å²) in [6.07, 6.45) is -21.4. The number of carbonyl (C=O) groups excluding carboxylic acids is 8.